The predicted molar refractivity (Wildman–Crippen MR) is 257 cm³/mol. The van der Waals surface area contributed by atoms with Gasteiger partial charge in [-0.2, -0.15) is 0 Å². The van der Waals surface area contributed by atoms with Crippen molar-refractivity contribution in [3.8, 4) is 22.3 Å². The van der Waals surface area contributed by atoms with E-state index >= 15 is 0 Å². The van der Waals surface area contributed by atoms with Crippen molar-refractivity contribution in [2.24, 2.45) is 0 Å². The summed E-state index contributed by atoms with van der Waals surface area (Å²) in [6, 6.07) is 69.6. The fourth-order valence-corrected chi connectivity index (χ4v) is 11.7. The van der Waals surface area contributed by atoms with Crippen LogP contribution in [-0.2, 0) is 5.41 Å². The Hall–Kier alpha value is -7.20. The zero-order valence-corrected chi connectivity index (χ0v) is 34.0. The molecule has 0 spiro atoms. The van der Waals surface area contributed by atoms with Gasteiger partial charge in [0.1, 0.15) is 11.2 Å². The van der Waals surface area contributed by atoms with Gasteiger partial charge in [-0.15, -0.1) is 11.3 Å². The van der Waals surface area contributed by atoms with Crippen LogP contribution in [0.4, 0.5) is 17.1 Å². The first-order valence-electron chi connectivity index (χ1n) is 20.8. The Morgan fingerprint density at radius 1 is 0.400 bits per heavy atom. The molecule has 13 rings (SSSR count). The zero-order chi connectivity index (χ0) is 39.7. The van der Waals surface area contributed by atoms with E-state index in [1.807, 2.05) is 11.3 Å². The molecule has 0 bridgehead atoms. The number of fused-ring (bicyclic) bond motifs is 15. The molecule has 0 radical (unpaired) electrons. The summed E-state index contributed by atoms with van der Waals surface area (Å²) in [5.74, 6) is 0. The molecular weight excluding hydrogens is 747 g/mol. The number of nitrogens with zero attached hydrogens (tertiary/aromatic N) is 1. The standard InChI is InChI=1S/C57H37NOS/c1-57(2)45-23-10-7-18-38(45)39-30-29-34(33-46(39)57)58(47-24-14-26-50-55(47)42-20-8-11-25-49(42)59-50)48-32-31-41-37-17-4-3-15-35(37)36-16-5-6-19-40(36)54(41)56(48)44-22-13-28-52-53(44)43-21-9-12-27-51(43)60-52/h3-33H,1-2H3. The predicted octanol–water partition coefficient (Wildman–Crippen LogP) is 16.9. The van der Waals surface area contributed by atoms with Crippen molar-refractivity contribution in [1.29, 1.82) is 0 Å². The normalized spacial score (nSPS) is 13.3. The lowest BCUT2D eigenvalue weighted by Crippen LogP contribution is -2.17. The molecule has 2 aromatic heterocycles. The van der Waals surface area contributed by atoms with E-state index in [4.69, 9.17) is 4.42 Å². The van der Waals surface area contributed by atoms with Crippen LogP contribution >= 0.6 is 11.3 Å². The van der Waals surface area contributed by atoms with E-state index in [0.29, 0.717) is 0 Å². The number of rotatable bonds is 4. The van der Waals surface area contributed by atoms with Gasteiger partial charge in [-0.3, -0.25) is 0 Å². The van der Waals surface area contributed by atoms with Crippen LogP contribution in [0.1, 0.15) is 25.0 Å². The van der Waals surface area contributed by atoms with Crippen LogP contribution in [-0.4, -0.2) is 0 Å². The van der Waals surface area contributed by atoms with E-state index in [2.05, 4.69) is 207 Å². The number of furan rings is 1. The Labute approximate surface area is 351 Å². The van der Waals surface area contributed by atoms with Gasteiger partial charge in [0.15, 0.2) is 0 Å². The highest BCUT2D eigenvalue weighted by atomic mass is 32.1. The van der Waals surface area contributed by atoms with E-state index in [1.54, 1.807) is 0 Å². The smallest absolute Gasteiger partial charge is 0.137 e. The molecule has 0 saturated heterocycles. The SMILES string of the molecule is CC1(C)c2ccccc2-c2ccc(N(c3ccc4c5ccccc5c5ccccc5c4c3-c3cccc4sc5ccccc5c34)c3cccc4oc5ccccc5c34)cc21. The summed E-state index contributed by atoms with van der Waals surface area (Å²) in [7, 11) is 0. The lowest BCUT2D eigenvalue weighted by molar-refractivity contribution is 0.660. The molecule has 0 atom stereocenters. The van der Waals surface area contributed by atoms with Crippen molar-refractivity contribution < 1.29 is 4.42 Å². The zero-order valence-electron chi connectivity index (χ0n) is 33.2. The first-order valence-corrected chi connectivity index (χ1v) is 21.6. The number of para-hydroxylation sites is 1. The van der Waals surface area contributed by atoms with Crippen molar-refractivity contribution in [3.05, 3.63) is 199 Å². The Balaban J connectivity index is 1.23. The molecule has 0 saturated carbocycles. The molecule has 12 aromatic rings. The summed E-state index contributed by atoms with van der Waals surface area (Å²) in [6.07, 6.45) is 0. The molecule has 3 heteroatoms. The van der Waals surface area contributed by atoms with Crippen LogP contribution in [0.2, 0.25) is 0 Å². The Kier molecular flexibility index (Phi) is 6.98. The number of hydrogen-bond donors (Lipinski definition) is 0. The van der Waals surface area contributed by atoms with E-state index in [-0.39, 0.29) is 5.41 Å². The second kappa shape index (κ2) is 12.4. The van der Waals surface area contributed by atoms with Crippen LogP contribution in [0.15, 0.2) is 192 Å². The maximum Gasteiger partial charge on any atom is 0.137 e. The van der Waals surface area contributed by atoms with Crippen LogP contribution in [0.5, 0.6) is 0 Å². The minimum absolute atomic E-state index is 0.176. The average Bonchev–Trinajstić information content (AvgIpc) is 3.94. The van der Waals surface area contributed by atoms with Crippen LogP contribution in [0, 0.1) is 0 Å². The second-order valence-corrected chi connectivity index (χ2v) is 17.8. The molecule has 1 aliphatic rings. The highest BCUT2D eigenvalue weighted by Crippen LogP contribution is 2.55. The van der Waals surface area contributed by atoms with E-state index in [1.165, 1.54) is 85.9 Å². The molecule has 282 valence electrons. The molecule has 60 heavy (non-hydrogen) atoms. The summed E-state index contributed by atoms with van der Waals surface area (Å²) >= 11 is 1.87. The molecule has 2 heterocycles. The largest absolute Gasteiger partial charge is 0.456 e. The van der Waals surface area contributed by atoms with Gasteiger partial charge in [0.25, 0.3) is 0 Å². The molecular formula is C57H37NOS. The van der Waals surface area contributed by atoms with Crippen molar-refractivity contribution in [2.45, 2.75) is 19.3 Å². The number of benzene rings is 10. The fraction of sp³-hybridized carbons (Fsp3) is 0.0526. The first-order chi connectivity index (χ1) is 29.5. The van der Waals surface area contributed by atoms with Crippen molar-refractivity contribution >= 4 is 103 Å². The summed E-state index contributed by atoms with van der Waals surface area (Å²) < 4.78 is 9.21. The Bertz CT molecular complexity index is 3740. The molecule has 0 aliphatic heterocycles. The van der Waals surface area contributed by atoms with Gasteiger partial charge in [-0.05, 0) is 103 Å². The fourth-order valence-electron chi connectivity index (χ4n) is 10.6. The third-order valence-corrected chi connectivity index (χ3v) is 14.4. The maximum absolute atomic E-state index is 6.63. The molecule has 10 aromatic carbocycles. The molecule has 1 aliphatic carbocycles. The van der Waals surface area contributed by atoms with Crippen molar-refractivity contribution in [2.75, 3.05) is 4.90 Å². The second-order valence-electron chi connectivity index (χ2n) is 16.7. The summed E-state index contributed by atoms with van der Waals surface area (Å²) in [5.41, 5.74) is 12.7. The van der Waals surface area contributed by atoms with Gasteiger partial charge in [0.05, 0.1) is 16.8 Å². The van der Waals surface area contributed by atoms with Crippen LogP contribution < -0.4 is 4.90 Å². The van der Waals surface area contributed by atoms with Gasteiger partial charge >= 0.3 is 0 Å². The summed E-state index contributed by atoms with van der Waals surface area (Å²) in [5, 5.41) is 12.3. The minimum atomic E-state index is -0.176. The quantitative estimate of drug-likeness (QED) is 0.165. The Morgan fingerprint density at radius 3 is 1.83 bits per heavy atom. The van der Waals surface area contributed by atoms with Crippen LogP contribution in [0.3, 0.4) is 0 Å². The van der Waals surface area contributed by atoms with Gasteiger partial charge in [-0.25, -0.2) is 0 Å². The summed E-state index contributed by atoms with van der Waals surface area (Å²) in [4.78, 5) is 2.54. The van der Waals surface area contributed by atoms with E-state index in [0.717, 1.165) is 39.0 Å². The van der Waals surface area contributed by atoms with Gasteiger partial charge < -0.3 is 9.32 Å². The monoisotopic (exact) mass is 783 g/mol. The van der Waals surface area contributed by atoms with E-state index in [9.17, 15) is 0 Å². The third-order valence-electron chi connectivity index (χ3n) is 13.2. The molecule has 2 nitrogen and oxygen atoms in total. The lowest BCUT2D eigenvalue weighted by Gasteiger charge is -2.31. The minimum Gasteiger partial charge on any atom is -0.456 e. The highest BCUT2D eigenvalue weighted by molar-refractivity contribution is 7.26. The van der Waals surface area contributed by atoms with E-state index < -0.39 is 0 Å². The van der Waals surface area contributed by atoms with Crippen molar-refractivity contribution in [1.82, 2.24) is 0 Å². The molecule has 0 amide bonds. The van der Waals surface area contributed by atoms with Crippen LogP contribution in [0.25, 0.3) is 96.7 Å². The Morgan fingerprint density at radius 2 is 1.00 bits per heavy atom. The van der Waals surface area contributed by atoms with Gasteiger partial charge in [-0.1, -0.05) is 153 Å². The number of hydrogen-bond acceptors (Lipinski definition) is 3. The highest BCUT2D eigenvalue weighted by Gasteiger charge is 2.36. The topological polar surface area (TPSA) is 16.4 Å². The molecule has 0 fully saturated rings. The van der Waals surface area contributed by atoms with Gasteiger partial charge in [0, 0.05) is 47.6 Å². The first kappa shape index (κ1) is 33.7. The summed E-state index contributed by atoms with van der Waals surface area (Å²) in [6.45, 7) is 4.74. The average molecular weight is 784 g/mol. The molecule has 0 unspecified atom stereocenters. The number of thiophene rings is 1. The lowest BCUT2D eigenvalue weighted by atomic mass is 9.82. The van der Waals surface area contributed by atoms with Gasteiger partial charge in [0.2, 0.25) is 0 Å². The van der Waals surface area contributed by atoms with Crippen molar-refractivity contribution in [3.63, 3.8) is 0 Å². The number of anilines is 3. The third kappa shape index (κ3) is 4.58. The molecule has 0 N–H and O–H groups in total. The maximum atomic E-state index is 6.63.